The summed E-state index contributed by atoms with van der Waals surface area (Å²) < 4.78 is 7.36. The summed E-state index contributed by atoms with van der Waals surface area (Å²) >= 11 is 0. The van der Waals surface area contributed by atoms with Gasteiger partial charge in [-0.05, 0) is 49.4 Å². The number of nitrogens with zero attached hydrogens (tertiary/aromatic N) is 1. The molecule has 156 valence electrons. The van der Waals surface area contributed by atoms with Crippen molar-refractivity contribution in [3.05, 3.63) is 117 Å². The third-order valence-electron chi connectivity index (χ3n) is 5.29. The first-order valence-electron chi connectivity index (χ1n) is 10.1. The van der Waals surface area contributed by atoms with E-state index in [9.17, 15) is 14.4 Å². The molecule has 1 N–H and O–H groups in total. The number of carbonyl (C=O) groups excluding carboxylic acids is 1. The largest absolute Gasteiger partial charge is 0.439 e. The summed E-state index contributed by atoms with van der Waals surface area (Å²) in [5.74, 6) is -0.442. The van der Waals surface area contributed by atoms with Crippen molar-refractivity contribution in [2.75, 3.05) is 5.32 Å². The van der Waals surface area contributed by atoms with E-state index in [1.54, 1.807) is 66.7 Å². The summed E-state index contributed by atoms with van der Waals surface area (Å²) in [7, 11) is 0. The first kappa shape index (κ1) is 19.5. The Balaban J connectivity index is 1.82. The lowest BCUT2D eigenvalue weighted by molar-refractivity contribution is 0.102. The quantitative estimate of drug-likeness (QED) is 0.429. The van der Waals surface area contributed by atoms with E-state index in [0.717, 1.165) is 5.56 Å². The number of aryl methyl sites for hydroxylation is 1. The Kier molecular flexibility index (Phi) is 4.67. The van der Waals surface area contributed by atoms with Gasteiger partial charge in [-0.1, -0.05) is 48.0 Å². The summed E-state index contributed by atoms with van der Waals surface area (Å²) in [6.07, 6.45) is 0. The lowest BCUT2D eigenvalue weighted by atomic mass is 10.1. The Morgan fingerprint density at radius 1 is 0.844 bits per heavy atom. The Morgan fingerprint density at radius 2 is 1.53 bits per heavy atom. The van der Waals surface area contributed by atoms with Crippen LogP contribution in [0.5, 0.6) is 0 Å². The number of anilines is 1. The number of benzene rings is 3. The third kappa shape index (κ3) is 3.28. The van der Waals surface area contributed by atoms with Crippen LogP contribution in [0.15, 0.2) is 98.9 Å². The number of carbonyl (C=O) groups is 1. The number of rotatable bonds is 3. The van der Waals surface area contributed by atoms with Gasteiger partial charge in [0.15, 0.2) is 0 Å². The van der Waals surface area contributed by atoms with Crippen LogP contribution in [0.3, 0.4) is 0 Å². The lowest BCUT2D eigenvalue weighted by Crippen LogP contribution is -2.26. The van der Waals surface area contributed by atoms with Crippen molar-refractivity contribution < 1.29 is 9.21 Å². The van der Waals surface area contributed by atoms with Crippen LogP contribution in [0.4, 0.5) is 5.69 Å². The number of pyridine rings is 1. The molecule has 0 radical (unpaired) electrons. The van der Waals surface area contributed by atoms with Gasteiger partial charge in [0, 0.05) is 5.56 Å². The van der Waals surface area contributed by atoms with Crippen LogP contribution in [0.25, 0.3) is 27.8 Å². The highest BCUT2D eigenvalue weighted by molar-refractivity contribution is 6.05. The maximum Gasteiger partial charge on any atom is 0.281 e. The van der Waals surface area contributed by atoms with Gasteiger partial charge in [0.2, 0.25) is 11.1 Å². The first-order chi connectivity index (χ1) is 15.5. The average molecular weight is 422 g/mol. The van der Waals surface area contributed by atoms with Crippen molar-refractivity contribution >= 4 is 33.7 Å². The molecule has 0 spiro atoms. The Hall–Kier alpha value is -4.45. The van der Waals surface area contributed by atoms with Crippen LogP contribution >= 0.6 is 0 Å². The molecule has 6 nitrogen and oxygen atoms in total. The van der Waals surface area contributed by atoms with Gasteiger partial charge in [0.25, 0.3) is 11.5 Å². The summed E-state index contributed by atoms with van der Waals surface area (Å²) in [5.41, 5.74) is 1.57. The smallest absolute Gasteiger partial charge is 0.281 e. The maximum atomic E-state index is 13.4. The molecule has 0 aliphatic rings. The maximum absolute atomic E-state index is 13.4. The van der Waals surface area contributed by atoms with Crippen molar-refractivity contribution in [2.24, 2.45) is 0 Å². The van der Waals surface area contributed by atoms with E-state index < -0.39 is 11.5 Å². The Labute approximate surface area is 182 Å². The van der Waals surface area contributed by atoms with Crippen molar-refractivity contribution in [3.8, 4) is 5.69 Å². The van der Waals surface area contributed by atoms with Crippen molar-refractivity contribution in [1.29, 1.82) is 0 Å². The number of amides is 1. The first-order valence-corrected chi connectivity index (χ1v) is 10.1. The summed E-state index contributed by atoms with van der Waals surface area (Å²) in [4.78, 5) is 39.5. The highest BCUT2D eigenvalue weighted by atomic mass is 16.3. The molecule has 6 heteroatoms. The predicted molar refractivity (Wildman–Crippen MR) is 125 cm³/mol. The Morgan fingerprint density at radius 3 is 2.25 bits per heavy atom. The standard InChI is InChI=1S/C26H18N2O4/c1-16-12-13-22-19(14-16)23(29)20-15-21(27-24(30)17-8-4-2-5-9-17)25(31)28(26(20)32-22)18-10-6-3-7-11-18/h2-15H,1H3,(H,27,30). The number of hydrogen-bond donors (Lipinski definition) is 1. The van der Waals surface area contributed by atoms with E-state index in [1.165, 1.54) is 10.6 Å². The van der Waals surface area contributed by atoms with E-state index in [2.05, 4.69) is 5.32 Å². The molecule has 5 aromatic rings. The SMILES string of the molecule is Cc1ccc2oc3c(cc(NC(=O)c4ccccc4)c(=O)n3-c3ccccc3)c(=O)c2c1. The van der Waals surface area contributed by atoms with Crippen LogP contribution in [-0.4, -0.2) is 10.5 Å². The zero-order chi connectivity index (χ0) is 22.2. The number of para-hydroxylation sites is 1. The molecular weight excluding hydrogens is 404 g/mol. The second-order valence-electron chi connectivity index (χ2n) is 7.50. The molecule has 0 atom stereocenters. The van der Waals surface area contributed by atoms with Crippen LogP contribution in [0.1, 0.15) is 15.9 Å². The minimum absolute atomic E-state index is 0.00508. The molecule has 0 saturated heterocycles. The molecule has 0 aliphatic heterocycles. The van der Waals surface area contributed by atoms with E-state index in [0.29, 0.717) is 22.2 Å². The van der Waals surface area contributed by atoms with Gasteiger partial charge >= 0.3 is 0 Å². The molecule has 0 saturated carbocycles. The topological polar surface area (TPSA) is 81.3 Å². The van der Waals surface area contributed by atoms with Gasteiger partial charge in [-0.15, -0.1) is 0 Å². The summed E-state index contributed by atoms with van der Waals surface area (Å²) in [6, 6.07) is 24.1. The minimum atomic E-state index is -0.498. The average Bonchev–Trinajstić information content (AvgIpc) is 2.82. The van der Waals surface area contributed by atoms with Gasteiger partial charge in [0.05, 0.1) is 16.5 Å². The molecule has 2 heterocycles. The number of aromatic nitrogens is 1. The van der Waals surface area contributed by atoms with E-state index in [4.69, 9.17) is 4.42 Å². The highest BCUT2D eigenvalue weighted by Crippen LogP contribution is 2.23. The normalized spacial score (nSPS) is 11.0. The fourth-order valence-corrected chi connectivity index (χ4v) is 3.71. The highest BCUT2D eigenvalue weighted by Gasteiger charge is 2.19. The molecule has 2 aromatic heterocycles. The van der Waals surface area contributed by atoms with E-state index in [-0.39, 0.29) is 22.2 Å². The fourth-order valence-electron chi connectivity index (χ4n) is 3.71. The van der Waals surface area contributed by atoms with Crippen LogP contribution in [0.2, 0.25) is 0 Å². The summed E-state index contributed by atoms with van der Waals surface area (Å²) in [6.45, 7) is 1.89. The Bertz CT molecular complexity index is 1600. The fraction of sp³-hybridized carbons (Fsp3) is 0.0385. The third-order valence-corrected chi connectivity index (χ3v) is 5.29. The molecule has 0 bridgehead atoms. The summed E-state index contributed by atoms with van der Waals surface area (Å²) in [5, 5.41) is 3.28. The van der Waals surface area contributed by atoms with E-state index in [1.807, 2.05) is 19.1 Å². The van der Waals surface area contributed by atoms with Crippen molar-refractivity contribution in [3.63, 3.8) is 0 Å². The number of fused-ring (bicyclic) bond motifs is 2. The minimum Gasteiger partial charge on any atom is -0.439 e. The van der Waals surface area contributed by atoms with Gasteiger partial charge < -0.3 is 9.73 Å². The second kappa shape index (κ2) is 7.67. The molecule has 1 amide bonds. The van der Waals surface area contributed by atoms with Crippen molar-refractivity contribution in [1.82, 2.24) is 4.57 Å². The van der Waals surface area contributed by atoms with Crippen LogP contribution in [-0.2, 0) is 0 Å². The van der Waals surface area contributed by atoms with E-state index >= 15 is 0 Å². The number of hydrogen-bond acceptors (Lipinski definition) is 4. The van der Waals surface area contributed by atoms with Gasteiger partial charge in [0.1, 0.15) is 11.3 Å². The van der Waals surface area contributed by atoms with Gasteiger partial charge in [-0.25, -0.2) is 4.57 Å². The zero-order valence-corrected chi connectivity index (χ0v) is 17.2. The van der Waals surface area contributed by atoms with Crippen LogP contribution < -0.4 is 16.3 Å². The zero-order valence-electron chi connectivity index (χ0n) is 17.2. The number of nitrogens with one attached hydrogen (secondary N) is 1. The molecule has 3 aromatic carbocycles. The molecule has 0 unspecified atom stereocenters. The molecular formula is C26H18N2O4. The van der Waals surface area contributed by atoms with Gasteiger partial charge in [-0.2, -0.15) is 0 Å². The van der Waals surface area contributed by atoms with Crippen LogP contribution in [0, 0.1) is 6.92 Å². The second-order valence-corrected chi connectivity index (χ2v) is 7.50. The molecule has 0 fully saturated rings. The monoisotopic (exact) mass is 422 g/mol. The van der Waals surface area contributed by atoms with Crippen molar-refractivity contribution in [2.45, 2.75) is 6.92 Å². The molecule has 5 rings (SSSR count). The molecule has 32 heavy (non-hydrogen) atoms. The predicted octanol–water partition coefficient (Wildman–Crippen LogP) is 4.66. The lowest BCUT2D eigenvalue weighted by Gasteiger charge is -2.13. The molecule has 0 aliphatic carbocycles. The van der Waals surface area contributed by atoms with Gasteiger partial charge in [-0.3, -0.25) is 14.4 Å².